The number of nitrogens with zero attached hydrogens (tertiary/aromatic N) is 2. The van der Waals surface area contributed by atoms with E-state index < -0.39 is 17.6 Å². The number of hydrogen-bond acceptors (Lipinski definition) is 5. The maximum atomic E-state index is 13.9. The molecule has 0 N–H and O–H groups in total. The zero-order chi connectivity index (χ0) is 17.3. The van der Waals surface area contributed by atoms with Crippen LogP contribution >= 0.6 is 12.6 Å². The number of methoxy groups -OCH3 is 1. The minimum atomic E-state index is -0.612. The Bertz CT molecular complexity index is 978. The number of oxazole rings is 1. The van der Waals surface area contributed by atoms with E-state index >= 15 is 0 Å². The van der Waals surface area contributed by atoms with Crippen molar-refractivity contribution in [3.8, 4) is 5.75 Å². The van der Waals surface area contributed by atoms with E-state index in [1.807, 2.05) is 18.2 Å². The van der Waals surface area contributed by atoms with Gasteiger partial charge in [-0.15, -0.1) is 12.6 Å². The van der Waals surface area contributed by atoms with E-state index in [4.69, 9.17) is 9.15 Å². The average molecular weight is 346 g/mol. The summed E-state index contributed by atoms with van der Waals surface area (Å²) < 4.78 is 25.9. The molecular weight excluding hydrogens is 331 g/mol. The fourth-order valence-corrected chi connectivity index (χ4v) is 2.83. The molecule has 5 nitrogen and oxygen atoms in total. The summed E-state index contributed by atoms with van der Waals surface area (Å²) in [6.45, 7) is 0. The van der Waals surface area contributed by atoms with Crippen molar-refractivity contribution in [3.63, 3.8) is 0 Å². The van der Waals surface area contributed by atoms with Gasteiger partial charge in [-0.1, -0.05) is 18.2 Å². The van der Waals surface area contributed by atoms with Crippen LogP contribution in [0.3, 0.4) is 0 Å². The Labute approximate surface area is 142 Å². The second kappa shape index (κ2) is 6.52. The number of aromatic nitrogens is 1. The van der Waals surface area contributed by atoms with Gasteiger partial charge >= 0.3 is 5.76 Å². The molecule has 1 heterocycles. The summed E-state index contributed by atoms with van der Waals surface area (Å²) in [5, 5.41) is 0. The zero-order valence-electron chi connectivity index (χ0n) is 13.1. The number of para-hydroxylation sites is 1. The van der Waals surface area contributed by atoms with E-state index in [1.165, 1.54) is 16.7 Å². The van der Waals surface area contributed by atoms with Crippen LogP contribution in [0.15, 0.2) is 55.5 Å². The van der Waals surface area contributed by atoms with Crippen LogP contribution in [-0.4, -0.2) is 24.9 Å². The van der Waals surface area contributed by atoms with Crippen molar-refractivity contribution in [1.29, 1.82) is 0 Å². The first-order valence-electron chi connectivity index (χ1n) is 7.15. The highest BCUT2D eigenvalue weighted by Crippen LogP contribution is 2.30. The highest BCUT2D eigenvalue weighted by atomic mass is 32.1. The van der Waals surface area contributed by atoms with E-state index in [-0.39, 0.29) is 10.5 Å². The normalized spacial score (nSPS) is 12.8. The first-order valence-corrected chi connectivity index (χ1v) is 7.60. The van der Waals surface area contributed by atoms with Gasteiger partial charge in [-0.2, -0.15) is 0 Å². The lowest BCUT2D eigenvalue weighted by Gasteiger charge is -2.17. The molecule has 0 bridgehead atoms. The second-order valence-corrected chi connectivity index (χ2v) is 5.59. The van der Waals surface area contributed by atoms with Gasteiger partial charge in [0.2, 0.25) is 0 Å². The smallest absolute Gasteiger partial charge is 0.420 e. The predicted molar refractivity (Wildman–Crippen MR) is 93.2 cm³/mol. The topological polar surface area (TPSA) is 56.7 Å². The van der Waals surface area contributed by atoms with Crippen LogP contribution in [-0.2, 0) is 0 Å². The molecule has 0 amide bonds. The monoisotopic (exact) mass is 346 g/mol. The molecule has 3 aromatic rings. The fraction of sp³-hybridized carbons (Fsp3) is 0.176. The Morgan fingerprint density at radius 3 is 2.83 bits per heavy atom. The van der Waals surface area contributed by atoms with Crippen LogP contribution in [0.5, 0.6) is 5.75 Å². The highest BCUT2D eigenvalue weighted by Gasteiger charge is 2.22. The summed E-state index contributed by atoms with van der Waals surface area (Å²) in [5.74, 6) is -0.554. The molecule has 24 heavy (non-hydrogen) atoms. The van der Waals surface area contributed by atoms with Crippen molar-refractivity contribution in [2.45, 2.75) is 10.9 Å². The molecule has 1 atom stereocenters. The summed E-state index contributed by atoms with van der Waals surface area (Å²) in [5.41, 5.74) is 1.30. The van der Waals surface area contributed by atoms with E-state index in [9.17, 15) is 9.18 Å². The van der Waals surface area contributed by atoms with Crippen molar-refractivity contribution >= 4 is 29.9 Å². The number of halogens is 1. The molecule has 0 spiro atoms. The minimum absolute atomic E-state index is 0.112. The number of rotatable bonds is 4. The third-order valence-corrected chi connectivity index (χ3v) is 4.05. The molecule has 0 fully saturated rings. The van der Waals surface area contributed by atoms with Crippen LogP contribution < -0.4 is 10.5 Å². The van der Waals surface area contributed by atoms with E-state index in [0.717, 1.165) is 0 Å². The van der Waals surface area contributed by atoms with E-state index in [0.29, 0.717) is 16.8 Å². The number of benzene rings is 2. The Morgan fingerprint density at radius 2 is 2.12 bits per heavy atom. The van der Waals surface area contributed by atoms with Gasteiger partial charge in [0.05, 0.1) is 12.6 Å². The van der Waals surface area contributed by atoms with E-state index in [1.54, 1.807) is 26.4 Å². The second-order valence-electron chi connectivity index (χ2n) is 5.10. The number of thiol groups is 1. The maximum absolute atomic E-state index is 13.9. The Hall–Kier alpha value is -2.54. The van der Waals surface area contributed by atoms with Gasteiger partial charge in [-0.05, 0) is 12.1 Å². The Morgan fingerprint density at radius 1 is 1.38 bits per heavy atom. The van der Waals surface area contributed by atoms with Crippen LogP contribution in [0.1, 0.15) is 11.6 Å². The lowest BCUT2D eigenvalue weighted by atomic mass is 10.1. The van der Waals surface area contributed by atoms with Crippen molar-refractivity contribution in [2.75, 3.05) is 14.2 Å². The molecule has 2 aromatic carbocycles. The lowest BCUT2D eigenvalue weighted by Crippen LogP contribution is -2.23. The average Bonchev–Trinajstić information content (AvgIpc) is 2.88. The zero-order valence-corrected chi connectivity index (χ0v) is 14.0. The summed E-state index contributed by atoms with van der Waals surface area (Å²) in [7, 11) is 3.14. The molecule has 1 unspecified atom stereocenters. The molecular formula is C17H15FN2O3S. The summed E-state index contributed by atoms with van der Waals surface area (Å²) in [4.78, 5) is 16.6. The minimum Gasteiger partial charge on any atom is -0.496 e. The number of fused-ring (bicyclic) bond motifs is 1. The van der Waals surface area contributed by atoms with Gasteiger partial charge in [-0.3, -0.25) is 9.56 Å². The van der Waals surface area contributed by atoms with Crippen molar-refractivity contribution in [1.82, 2.24) is 4.57 Å². The van der Waals surface area contributed by atoms with Gasteiger partial charge in [0, 0.05) is 29.8 Å². The Balaban J connectivity index is 2.31. The van der Waals surface area contributed by atoms with Gasteiger partial charge in [-0.25, -0.2) is 9.18 Å². The van der Waals surface area contributed by atoms with Crippen molar-refractivity contribution in [3.05, 3.63) is 58.3 Å². The van der Waals surface area contributed by atoms with Crippen LogP contribution in [0.25, 0.3) is 11.1 Å². The molecule has 7 heteroatoms. The first-order chi connectivity index (χ1) is 11.6. The van der Waals surface area contributed by atoms with Crippen LogP contribution in [0, 0.1) is 5.82 Å². The molecule has 3 rings (SSSR count). The third kappa shape index (κ3) is 2.71. The van der Waals surface area contributed by atoms with Gasteiger partial charge < -0.3 is 9.15 Å². The Kier molecular flexibility index (Phi) is 4.44. The highest BCUT2D eigenvalue weighted by molar-refractivity contribution is 7.80. The SMILES string of the molecule is CN=CC(c1ccccc1OC)n1c(=O)oc2cc(S)c(F)cc21. The molecule has 0 aliphatic rings. The molecule has 124 valence electrons. The van der Waals surface area contributed by atoms with Gasteiger partial charge in [0.25, 0.3) is 0 Å². The molecule has 0 radical (unpaired) electrons. The third-order valence-electron chi connectivity index (χ3n) is 3.71. The lowest BCUT2D eigenvalue weighted by molar-refractivity contribution is 0.405. The summed E-state index contributed by atoms with van der Waals surface area (Å²) in [6, 6.07) is 9.28. The summed E-state index contributed by atoms with van der Waals surface area (Å²) in [6.07, 6.45) is 1.58. The quantitative estimate of drug-likeness (QED) is 0.582. The molecule has 0 saturated carbocycles. The number of aliphatic imine (C=N–C) groups is 1. The molecule has 0 aliphatic heterocycles. The van der Waals surface area contributed by atoms with E-state index in [2.05, 4.69) is 17.6 Å². The van der Waals surface area contributed by atoms with Crippen molar-refractivity contribution in [2.24, 2.45) is 4.99 Å². The fourth-order valence-electron chi connectivity index (χ4n) is 2.65. The number of ether oxygens (including phenoxy) is 1. The van der Waals surface area contributed by atoms with Crippen molar-refractivity contribution < 1.29 is 13.5 Å². The molecule has 1 aromatic heterocycles. The van der Waals surface area contributed by atoms with Gasteiger partial charge in [0.15, 0.2) is 5.58 Å². The largest absolute Gasteiger partial charge is 0.496 e. The van der Waals surface area contributed by atoms with Crippen LogP contribution in [0.2, 0.25) is 0 Å². The molecule has 0 aliphatic carbocycles. The first kappa shape index (κ1) is 16.3. The summed E-state index contributed by atoms with van der Waals surface area (Å²) >= 11 is 4.02. The van der Waals surface area contributed by atoms with Gasteiger partial charge in [0.1, 0.15) is 17.6 Å². The van der Waals surface area contributed by atoms with Crippen LogP contribution in [0.4, 0.5) is 4.39 Å². The standard InChI is InChI=1S/C17H15FN2O3S/c1-19-9-13(10-5-3-4-6-14(10)22-2)20-12-7-11(18)16(24)8-15(12)23-17(20)21/h3-9,13,24H,1-2H3. The number of hydrogen-bond donors (Lipinski definition) is 1. The maximum Gasteiger partial charge on any atom is 0.420 e. The predicted octanol–water partition coefficient (Wildman–Crippen LogP) is 3.32. The molecule has 0 saturated heterocycles.